The number of rotatable bonds is 5. The zero-order valence-electron chi connectivity index (χ0n) is 17.5. The number of methoxy groups -OCH3 is 1. The van der Waals surface area contributed by atoms with Gasteiger partial charge >= 0.3 is 0 Å². The highest BCUT2D eigenvalue weighted by Crippen LogP contribution is 2.24. The molecule has 0 aliphatic carbocycles. The highest BCUT2D eigenvalue weighted by Gasteiger charge is 2.29. The zero-order valence-corrected chi connectivity index (χ0v) is 18.4. The Balaban J connectivity index is 1.40. The second-order valence-corrected chi connectivity index (χ2v) is 8.41. The molecule has 30 heavy (non-hydrogen) atoms. The molecule has 1 atom stereocenters. The van der Waals surface area contributed by atoms with Crippen LogP contribution in [0.1, 0.15) is 34.2 Å². The van der Waals surface area contributed by atoms with Gasteiger partial charge in [-0.05, 0) is 37.6 Å². The molecule has 2 aromatic carbocycles. The van der Waals surface area contributed by atoms with Gasteiger partial charge in [0.2, 0.25) is 5.13 Å². The lowest BCUT2D eigenvalue weighted by atomic mass is 10.1. The maximum absolute atomic E-state index is 13.0. The van der Waals surface area contributed by atoms with E-state index in [0.29, 0.717) is 17.9 Å². The molecule has 1 saturated heterocycles. The third kappa shape index (κ3) is 4.46. The van der Waals surface area contributed by atoms with Crippen LogP contribution >= 0.6 is 11.5 Å². The van der Waals surface area contributed by atoms with E-state index in [2.05, 4.69) is 47.4 Å². The van der Waals surface area contributed by atoms with E-state index in [-0.39, 0.29) is 11.9 Å². The van der Waals surface area contributed by atoms with Crippen LogP contribution in [-0.2, 0) is 6.42 Å². The summed E-state index contributed by atoms with van der Waals surface area (Å²) < 4.78 is 9.80. The number of nitrogens with zero attached hydrogens (tertiary/aromatic N) is 4. The van der Waals surface area contributed by atoms with Crippen molar-refractivity contribution < 1.29 is 9.53 Å². The first-order valence-corrected chi connectivity index (χ1v) is 10.9. The number of piperazine rings is 1. The summed E-state index contributed by atoms with van der Waals surface area (Å²) in [6.45, 7) is 6.32. The minimum Gasteiger partial charge on any atom is -0.497 e. The summed E-state index contributed by atoms with van der Waals surface area (Å²) in [4.78, 5) is 21.9. The Hall–Kier alpha value is -2.93. The number of anilines is 1. The highest BCUT2D eigenvalue weighted by atomic mass is 32.1. The van der Waals surface area contributed by atoms with Crippen molar-refractivity contribution in [1.82, 2.24) is 14.3 Å². The number of aromatic nitrogens is 2. The van der Waals surface area contributed by atoms with Crippen molar-refractivity contribution >= 4 is 22.6 Å². The molecule has 156 valence electrons. The summed E-state index contributed by atoms with van der Waals surface area (Å²) in [5.41, 5.74) is 3.12. The summed E-state index contributed by atoms with van der Waals surface area (Å²) in [5, 5.41) is 0.928. The van der Waals surface area contributed by atoms with Gasteiger partial charge in [0.25, 0.3) is 5.91 Å². The van der Waals surface area contributed by atoms with Gasteiger partial charge in [-0.15, -0.1) is 0 Å². The van der Waals surface area contributed by atoms with Crippen molar-refractivity contribution in [2.24, 2.45) is 0 Å². The fraction of sp³-hybridized carbons (Fsp3) is 0.348. The lowest BCUT2D eigenvalue weighted by Gasteiger charge is -2.39. The number of ether oxygens (including phenoxy) is 1. The van der Waals surface area contributed by atoms with Gasteiger partial charge in [0.05, 0.1) is 7.11 Å². The monoisotopic (exact) mass is 422 g/mol. The molecule has 0 saturated carbocycles. The zero-order chi connectivity index (χ0) is 21.1. The first kappa shape index (κ1) is 20.3. The summed E-state index contributed by atoms with van der Waals surface area (Å²) in [7, 11) is 1.61. The molecule has 1 aliphatic heterocycles. The Kier molecular flexibility index (Phi) is 5.99. The maximum Gasteiger partial charge on any atom is 0.254 e. The molecule has 0 bridgehead atoms. The molecule has 0 N–H and O–H groups in total. The average molecular weight is 423 g/mol. The number of carbonyl (C=O) groups is 1. The fourth-order valence-electron chi connectivity index (χ4n) is 3.69. The predicted molar refractivity (Wildman–Crippen MR) is 120 cm³/mol. The van der Waals surface area contributed by atoms with E-state index in [1.807, 2.05) is 23.1 Å². The third-order valence-electron chi connectivity index (χ3n) is 5.42. The Labute approximate surface area is 181 Å². The normalized spacial score (nSPS) is 16.6. The van der Waals surface area contributed by atoms with Gasteiger partial charge in [-0.2, -0.15) is 4.37 Å². The number of benzene rings is 2. The average Bonchev–Trinajstić information content (AvgIpc) is 3.23. The smallest absolute Gasteiger partial charge is 0.254 e. The van der Waals surface area contributed by atoms with E-state index in [0.717, 1.165) is 30.5 Å². The molecule has 1 fully saturated rings. The van der Waals surface area contributed by atoms with Crippen molar-refractivity contribution in [3.8, 4) is 5.75 Å². The number of hydrogen-bond donors (Lipinski definition) is 0. The predicted octanol–water partition coefficient (Wildman–Crippen LogP) is 3.80. The van der Waals surface area contributed by atoms with Crippen LogP contribution in [-0.4, -0.2) is 53.0 Å². The molecule has 0 spiro atoms. The van der Waals surface area contributed by atoms with Crippen LogP contribution < -0.4 is 9.64 Å². The van der Waals surface area contributed by atoms with E-state index < -0.39 is 0 Å². The molecular weight excluding hydrogens is 396 g/mol. The van der Waals surface area contributed by atoms with Crippen LogP contribution in [0, 0.1) is 6.92 Å². The Morgan fingerprint density at radius 1 is 1.20 bits per heavy atom. The van der Waals surface area contributed by atoms with Crippen molar-refractivity contribution in [2.45, 2.75) is 26.3 Å². The van der Waals surface area contributed by atoms with Gasteiger partial charge in [0.1, 0.15) is 11.6 Å². The highest BCUT2D eigenvalue weighted by molar-refractivity contribution is 7.09. The van der Waals surface area contributed by atoms with E-state index in [1.165, 1.54) is 22.7 Å². The van der Waals surface area contributed by atoms with Crippen LogP contribution in [0.25, 0.3) is 0 Å². The van der Waals surface area contributed by atoms with E-state index >= 15 is 0 Å². The second kappa shape index (κ2) is 8.83. The molecule has 0 radical (unpaired) electrons. The van der Waals surface area contributed by atoms with Gasteiger partial charge in [-0.3, -0.25) is 4.79 Å². The van der Waals surface area contributed by atoms with Crippen LogP contribution in [0.2, 0.25) is 0 Å². The molecule has 4 rings (SSSR count). The van der Waals surface area contributed by atoms with Gasteiger partial charge in [0.15, 0.2) is 0 Å². The second-order valence-electron chi connectivity index (χ2n) is 7.68. The van der Waals surface area contributed by atoms with Gasteiger partial charge in [0, 0.05) is 49.2 Å². The van der Waals surface area contributed by atoms with E-state index in [9.17, 15) is 4.79 Å². The number of aryl methyl sites for hydroxylation is 1. The lowest BCUT2D eigenvalue weighted by Crippen LogP contribution is -2.54. The van der Waals surface area contributed by atoms with Crippen LogP contribution in [0.4, 0.5) is 5.13 Å². The van der Waals surface area contributed by atoms with Gasteiger partial charge in [-0.25, -0.2) is 4.98 Å². The molecular formula is C23H26N4O2S. The SMILES string of the molecule is COc1cccc(C(=O)N2CCN(c3nc(Cc4ccc(C)cc4)ns3)C[C@@H]2C)c1. The first-order chi connectivity index (χ1) is 14.5. The summed E-state index contributed by atoms with van der Waals surface area (Å²) >= 11 is 1.44. The molecule has 2 heterocycles. The molecule has 1 amide bonds. The minimum atomic E-state index is 0.0402. The van der Waals surface area contributed by atoms with Crippen LogP contribution in [0.15, 0.2) is 48.5 Å². The fourth-order valence-corrected chi connectivity index (χ4v) is 4.41. The van der Waals surface area contributed by atoms with Crippen molar-refractivity contribution in [2.75, 3.05) is 31.6 Å². The third-order valence-corrected chi connectivity index (χ3v) is 6.23. The summed E-state index contributed by atoms with van der Waals surface area (Å²) in [6, 6.07) is 15.9. The van der Waals surface area contributed by atoms with Crippen LogP contribution in [0.3, 0.4) is 0 Å². The molecule has 1 aromatic heterocycles. The summed E-state index contributed by atoms with van der Waals surface area (Å²) in [5.74, 6) is 1.59. The number of amides is 1. The summed E-state index contributed by atoms with van der Waals surface area (Å²) in [6.07, 6.45) is 0.737. The quantitative estimate of drug-likeness (QED) is 0.626. The van der Waals surface area contributed by atoms with Gasteiger partial charge in [-0.1, -0.05) is 35.9 Å². The van der Waals surface area contributed by atoms with E-state index in [1.54, 1.807) is 13.2 Å². The number of carbonyl (C=O) groups excluding carboxylic acids is 1. The Morgan fingerprint density at radius 3 is 2.73 bits per heavy atom. The minimum absolute atomic E-state index is 0.0402. The van der Waals surface area contributed by atoms with Crippen molar-refractivity contribution in [3.63, 3.8) is 0 Å². The molecule has 7 heteroatoms. The number of hydrogen-bond acceptors (Lipinski definition) is 6. The van der Waals surface area contributed by atoms with E-state index in [4.69, 9.17) is 9.72 Å². The molecule has 1 aliphatic rings. The maximum atomic E-state index is 13.0. The lowest BCUT2D eigenvalue weighted by molar-refractivity contribution is 0.0673. The largest absolute Gasteiger partial charge is 0.497 e. The van der Waals surface area contributed by atoms with Crippen LogP contribution in [0.5, 0.6) is 5.75 Å². The van der Waals surface area contributed by atoms with Crippen molar-refractivity contribution in [3.05, 3.63) is 71.0 Å². The molecule has 6 nitrogen and oxygen atoms in total. The molecule has 0 unspecified atom stereocenters. The standard InChI is InChI=1S/C23H26N4O2S/c1-16-7-9-18(10-8-16)13-21-24-23(30-25-21)26-11-12-27(17(2)15-26)22(28)19-5-4-6-20(14-19)29-3/h4-10,14,17H,11-13,15H2,1-3H3/t17-/m0/s1. The molecule has 3 aromatic rings. The Bertz CT molecular complexity index is 1020. The Morgan fingerprint density at radius 2 is 2.00 bits per heavy atom. The van der Waals surface area contributed by atoms with Gasteiger partial charge < -0.3 is 14.5 Å². The topological polar surface area (TPSA) is 58.6 Å². The first-order valence-electron chi connectivity index (χ1n) is 10.1. The van der Waals surface area contributed by atoms with Crippen molar-refractivity contribution in [1.29, 1.82) is 0 Å².